The lowest BCUT2D eigenvalue weighted by atomic mass is 10.1. The van der Waals surface area contributed by atoms with Crippen molar-refractivity contribution < 1.29 is 0 Å². The summed E-state index contributed by atoms with van der Waals surface area (Å²) in [6.07, 6.45) is 2.11. The predicted molar refractivity (Wildman–Crippen MR) is 81.5 cm³/mol. The van der Waals surface area contributed by atoms with Crippen LogP contribution in [0.4, 0.5) is 0 Å². The number of hydrogen-bond acceptors (Lipinski definition) is 4. The fourth-order valence-corrected chi connectivity index (χ4v) is 2.88. The monoisotopic (exact) mass is 275 g/mol. The van der Waals surface area contributed by atoms with E-state index in [0.29, 0.717) is 6.04 Å². The molecule has 1 heterocycles. The van der Waals surface area contributed by atoms with Crippen LogP contribution < -0.4 is 5.32 Å². The molecule has 1 aromatic heterocycles. The number of nitrogens with one attached hydrogen (secondary N) is 1. The zero-order valence-corrected chi connectivity index (χ0v) is 12.6. The van der Waals surface area contributed by atoms with E-state index in [0.717, 1.165) is 29.4 Å². The Bertz CT molecular complexity index is 520. The molecule has 1 aromatic carbocycles. The molecule has 0 fully saturated rings. The lowest BCUT2D eigenvalue weighted by molar-refractivity contribution is 0.569. The second-order valence-corrected chi connectivity index (χ2v) is 6.09. The maximum Gasteiger partial charge on any atom is 0.148 e. The van der Waals surface area contributed by atoms with E-state index >= 15 is 0 Å². The lowest BCUT2D eigenvalue weighted by Gasteiger charge is -2.05. The molecule has 102 valence electrons. The lowest BCUT2D eigenvalue weighted by Crippen LogP contribution is -2.23. The van der Waals surface area contributed by atoms with Gasteiger partial charge in [-0.25, -0.2) is 0 Å². The summed E-state index contributed by atoms with van der Waals surface area (Å²) in [5.74, 6) is 0. The number of aryl methyl sites for hydroxylation is 2. The smallest absolute Gasteiger partial charge is 0.148 e. The average molecular weight is 275 g/mol. The first-order valence-electron chi connectivity index (χ1n) is 6.78. The highest BCUT2D eigenvalue weighted by Crippen LogP contribution is 2.26. The van der Waals surface area contributed by atoms with E-state index in [1.54, 1.807) is 11.3 Å². The fraction of sp³-hybridized carbons (Fsp3) is 0.467. The standard InChI is InChI=1S/C15H21N3S/c1-11(2)16-10-6-9-14-17-18-15(19-14)13-8-5-4-7-12(13)3/h4-5,7-8,11,16H,6,9-10H2,1-3H3. The Morgan fingerprint density at radius 1 is 1.21 bits per heavy atom. The summed E-state index contributed by atoms with van der Waals surface area (Å²) in [6, 6.07) is 8.88. The Hall–Kier alpha value is -1.26. The molecule has 0 bridgehead atoms. The molecule has 2 rings (SSSR count). The highest BCUT2D eigenvalue weighted by Gasteiger charge is 2.08. The highest BCUT2D eigenvalue weighted by molar-refractivity contribution is 7.14. The van der Waals surface area contributed by atoms with Gasteiger partial charge in [0.1, 0.15) is 10.0 Å². The van der Waals surface area contributed by atoms with E-state index in [-0.39, 0.29) is 0 Å². The molecule has 0 saturated carbocycles. The maximum absolute atomic E-state index is 4.31. The van der Waals surface area contributed by atoms with E-state index in [9.17, 15) is 0 Å². The summed E-state index contributed by atoms with van der Waals surface area (Å²) in [5, 5.41) is 14.2. The minimum Gasteiger partial charge on any atom is -0.315 e. The van der Waals surface area contributed by atoms with Gasteiger partial charge in [0.2, 0.25) is 0 Å². The quantitative estimate of drug-likeness (QED) is 0.821. The molecule has 4 heteroatoms. The van der Waals surface area contributed by atoms with Gasteiger partial charge in [-0.2, -0.15) is 0 Å². The van der Waals surface area contributed by atoms with Crippen LogP contribution in [-0.2, 0) is 6.42 Å². The third kappa shape index (κ3) is 4.11. The average Bonchev–Trinajstić information content (AvgIpc) is 2.83. The van der Waals surface area contributed by atoms with Gasteiger partial charge in [-0.1, -0.05) is 49.4 Å². The van der Waals surface area contributed by atoms with Crippen LogP contribution in [0.1, 0.15) is 30.8 Å². The van der Waals surface area contributed by atoms with Crippen LogP contribution in [0, 0.1) is 6.92 Å². The van der Waals surface area contributed by atoms with Crippen LogP contribution in [0.15, 0.2) is 24.3 Å². The largest absolute Gasteiger partial charge is 0.315 e. The van der Waals surface area contributed by atoms with E-state index < -0.39 is 0 Å². The Labute approximate surface area is 119 Å². The number of hydrogen-bond donors (Lipinski definition) is 1. The third-order valence-electron chi connectivity index (χ3n) is 2.96. The molecule has 0 aliphatic heterocycles. The van der Waals surface area contributed by atoms with E-state index in [2.05, 4.69) is 60.6 Å². The summed E-state index contributed by atoms with van der Waals surface area (Å²) in [6.45, 7) is 7.49. The van der Waals surface area contributed by atoms with Gasteiger partial charge >= 0.3 is 0 Å². The molecule has 3 nitrogen and oxygen atoms in total. The van der Waals surface area contributed by atoms with Gasteiger partial charge in [-0.3, -0.25) is 0 Å². The molecule has 0 unspecified atom stereocenters. The maximum atomic E-state index is 4.31. The molecule has 0 radical (unpaired) electrons. The molecule has 1 N–H and O–H groups in total. The van der Waals surface area contributed by atoms with Gasteiger partial charge in [0.25, 0.3) is 0 Å². The van der Waals surface area contributed by atoms with Gasteiger partial charge in [-0.15, -0.1) is 10.2 Å². The van der Waals surface area contributed by atoms with Crippen molar-refractivity contribution in [1.82, 2.24) is 15.5 Å². The van der Waals surface area contributed by atoms with Crippen molar-refractivity contribution in [2.24, 2.45) is 0 Å². The van der Waals surface area contributed by atoms with Crippen LogP contribution in [0.5, 0.6) is 0 Å². The predicted octanol–water partition coefficient (Wildman–Crippen LogP) is 3.44. The van der Waals surface area contributed by atoms with Crippen molar-refractivity contribution >= 4 is 11.3 Å². The van der Waals surface area contributed by atoms with Gasteiger partial charge in [-0.05, 0) is 25.5 Å². The first-order valence-corrected chi connectivity index (χ1v) is 7.60. The third-order valence-corrected chi connectivity index (χ3v) is 3.98. The molecule has 19 heavy (non-hydrogen) atoms. The summed E-state index contributed by atoms with van der Waals surface area (Å²) in [7, 11) is 0. The molecule has 0 amide bonds. The van der Waals surface area contributed by atoms with Crippen molar-refractivity contribution in [3.05, 3.63) is 34.8 Å². The van der Waals surface area contributed by atoms with E-state index in [1.165, 1.54) is 11.1 Å². The van der Waals surface area contributed by atoms with Crippen molar-refractivity contribution in [3.8, 4) is 10.6 Å². The van der Waals surface area contributed by atoms with Gasteiger partial charge in [0.15, 0.2) is 0 Å². The first-order chi connectivity index (χ1) is 9.16. The zero-order valence-electron chi connectivity index (χ0n) is 11.8. The number of aromatic nitrogens is 2. The molecule has 2 aromatic rings. The van der Waals surface area contributed by atoms with Crippen molar-refractivity contribution in [2.45, 2.75) is 39.7 Å². The molecular formula is C15H21N3S. The van der Waals surface area contributed by atoms with Gasteiger partial charge in [0, 0.05) is 18.0 Å². The van der Waals surface area contributed by atoms with Gasteiger partial charge in [0.05, 0.1) is 0 Å². The number of benzene rings is 1. The molecule has 0 atom stereocenters. The van der Waals surface area contributed by atoms with Crippen LogP contribution in [0.25, 0.3) is 10.6 Å². The normalized spacial score (nSPS) is 11.2. The molecular weight excluding hydrogens is 254 g/mol. The van der Waals surface area contributed by atoms with E-state index in [4.69, 9.17) is 0 Å². The second kappa shape index (κ2) is 6.78. The fourth-order valence-electron chi connectivity index (χ4n) is 1.91. The van der Waals surface area contributed by atoms with Crippen LogP contribution >= 0.6 is 11.3 Å². The number of rotatable bonds is 6. The molecule has 0 aliphatic rings. The molecule has 0 saturated heterocycles. The summed E-state index contributed by atoms with van der Waals surface area (Å²) >= 11 is 1.71. The highest BCUT2D eigenvalue weighted by atomic mass is 32.1. The van der Waals surface area contributed by atoms with Crippen molar-refractivity contribution in [1.29, 1.82) is 0 Å². The Kier molecular flexibility index (Phi) is 5.05. The van der Waals surface area contributed by atoms with Crippen molar-refractivity contribution in [3.63, 3.8) is 0 Å². The Balaban J connectivity index is 1.94. The van der Waals surface area contributed by atoms with Crippen LogP contribution in [0.2, 0.25) is 0 Å². The molecule has 0 aliphatic carbocycles. The van der Waals surface area contributed by atoms with Crippen LogP contribution in [0.3, 0.4) is 0 Å². The second-order valence-electron chi connectivity index (χ2n) is 5.03. The topological polar surface area (TPSA) is 37.8 Å². The van der Waals surface area contributed by atoms with E-state index in [1.807, 2.05) is 0 Å². The number of nitrogens with zero attached hydrogens (tertiary/aromatic N) is 2. The Morgan fingerprint density at radius 2 is 2.00 bits per heavy atom. The SMILES string of the molecule is Cc1ccccc1-c1nnc(CCCNC(C)C)s1. The Morgan fingerprint density at radius 3 is 2.74 bits per heavy atom. The zero-order chi connectivity index (χ0) is 13.7. The molecule has 0 spiro atoms. The minimum absolute atomic E-state index is 0.553. The summed E-state index contributed by atoms with van der Waals surface area (Å²) in [5.41, 5.74) is 2.46. The van der Waals surface area contributed by atoms with Gasteiger partial charge < -0.3 is 5.32 Å². The van der Waals surface area contributed by atoms with Crippen molar-refractivity contribution in [2.75, 3.05) is 6.54 Å². The van der Waals surface area contributed by atoms with Crippen LogP contribution in [-0.4, -0.2) is 22.8 Å². The minimum atomic E-state index is 0.553. The summed E-state index contributed by atoms with van der Waals surface area (Å²) in [4.78, 5) is 0. The summed E-state index contributed by atoms with van der Waals surface area (Å²) < 4.78 is 0. The first kappa shape index (κ1) is 14.2.